The van der Waals surface area contributed by atoms with Gasteiger partial charge in [-0.25, -0.2) is 4.39 Å². The lowest BCUT2D eigenvalue weighted by Gasteiger charge is -2.09. The molecule has 5 nitrogen and oxygen atoms in total. The summed E-state index contributed by atoms with van der Waals surface area (Å²) in [5.41, 5.74) is 2.67. The number of amides is 1. The summed E-state index contributed by atoms with van der Waals surface area (Å²) in [4.78, 5) is 16.4. The first kappa shape index (κ1) is 18.4. The van der Waals surface area contributed by atoms with Gasteiger partial charge >= 0.3 is 0 Å². The zero-order valence-corrected chi connectivity index (χ0v) is 14.9. The van der Waals surface area contributed by atoms with Gasteiger partial charge in [-0.2, -0.15) is 0 Å². The summed E-state index contributed by atoms with van der Waals surface area (Å²) >= 11 is 0. The lowest BCUT2D eigenvalue weighted by Crippen LogP contribution is -2.26. The number of carbonyl (C=O) groups excluding carboxylic acids is 1. The first-order chi connectivity index (χ1) is 13.1. The van der Waals surface area contributed by atoms with Crippen molar-refractivity contribution in [3.8, 4) is 5.75 Å². The molecule has 0 spiro atoms. The molecule has 0 unspecified atom stereocenters. The normalized spacial score (nSPS) is 10.3. The van der Waals surface area contributed by atoms with Crippen LogP contribution < -0.4 is 15.4 Å². The molecular formula is C21H20FN3O2. The Balaban J connectivity index is 1.56. The molecule has 2 N–H and O–H groups in total. The van der Waals surface area contributed by atoms with Gasteiger partial charge in [0.2, 0.25) is 0 Å². The zero-order chi connectivity index (χ0) is 19.1. The highest BCUT2D eigenvalue weighted by Gasteiger charge is 2.08. The third-order valence-corrected chi connectivity index (χ3v) is 3.96. The molecule has 2 aromatic carbocycles. The van der Waals surface area contributed by atoms with E-state index in [2.05, 4.69) is 15.6 Å². The Morgan fingerprint density at radius 3 is 2.59 bits per heavy atom. The number of hydrogen-bond acceptors (Lipinski definition) is 4. The smallest absolute Gasteiger partial charge is 0.269 e. The van der Waals surface area contributed by atoms with E-state index in [0.717, 1.165) is 11.3 Å². The van der Waals surface area contributed by atoms with Gasteiger partial charge < -0.3 is 15.4 Å². The number of carbonyl (C=O) groups is 1. The van der Waals surface area contributed by atoms with Crippen LogP contribution in [0.3, 0.4) is 0 Å². The Bertz CT molecular complexity index is 913. The molecule has 0 bridgehead atoms. The molecule has 0 saturated carbocycles. The largest absolute Gasteiger partial charge is 0.497 e. The maximum absolute atomic E-state index is 13.3. The summed E-state index contributed by atoms with van der Waals surface area (Å²) in [5.74, 6) is 0.214. The van der Waals surface area contributed by atoms with Gasteiger partial charge in [-0.05, 0) is 54.4 Å². The second kappa shape index (κ2) is 8.80. The number of methoxy groups -OCH3 is 1. The maximum atomic E-state index is 13.3. The highest BCUT2D eigenvalue weighted by Crippen LogP contribution is 2.17. The number of nitrogens with zero attached hydrogens (tertiary/aromatic N) is 1. The molecule has 0 aliphatic rings. The zero-order valence-electron chi connectivity index (χ0n) is 14.9. The van der Waals surface area contributed by atoms with Gasteiger partial charge in [-0.15, -0.1) is 0 Å². The predicted molar refractivity (Wildman–Crippen MR) is 103 cm³/mol. The standard InChI is InChI=1S/C21H20FN3O2/c1-27-19-7-5-15(6-8-19)9-11-24-21(26)20-14-18(10-12-23-20)25-17-4-2-3-16(22)13-17/h2-8,10,12-14H,9,11H2,1H3,(H,23,25)(H,24,26). The van der Waals surface area contributed by atoms with Crippen LogP contribution in [0.25, 0.3) is 0 Å². The van der Waals surface area contributed by atoms with Crippen molar-refractivity contribution in [3.63, 3.8) is 0 Å². The van der Waals surface area contributed by atoms with Gasteiger partial charge in [0, 0.05) is 24.1 Å². The van der Waals surface area contributed by atoms with E-state index in [0.29, 0.717) is 30.0 Å². The molecule has 3 rings (SSSR count). The maximum Gasteiger partial charge on any atom is 0.269 e. The number of aromatic nitrogens is 1. The van der Waals surface area contributed by atoms with Crippen LogP contribution in [-0.2, 0) is 6.42 Å². The van der Waals surface area contributed by atoms with Crippen molar-refractivity contribution in [1.82, 2.24) is 10.3 Å². The number of anilines is 2. The van der Waals surface area contributed by atoms with E-state index in [1.807, 2.05) is 24.3 Å². The van der Waals surface area contributed by atoms with E-state index in [1.165, 1.54) is 12.1 Å². The van der Waals surface area contributed by atoms with E-state index in [1.54, 1.807) is 37.6 Å². The molecule has 0 saturated heterocycles. The topological polar surface area (TPSA) is 63.2 Å². The molecule has 6 heteroatoms. The Kier molecular flexibility index (Phi) is 5.99. The molecule has 3 aromatic rings. The quantitative estimate of drug-likeness (QED) is 0.666. The third-order valence-electron chi connectivity index (χ3n) is 3.96. The number of halogens is 1. The molecule has 138 valence electrons. The predicted octanol–water partition coefficient (Wildman–Crippen LogP) is 3.95. The van der Waals surface area contributed by atoms with Crippen molar-refractivity contribution in [2.24, 2.45) is 0 Å². The third kappa shape index (κ3) is 5.28. The summed E-state index contributed by atoms with van der Waals surface area (Å²) in [7, 11) is 1.62. The van der Waals surface area contributed by atoms with Crippen molar-refractivity contribution < 1.29 is 13.9 Å². The van der Waals surface area contributed by atoms with E-state index < -0.39 is 0 Å². The van der Waals surface area contributed by atoms with E-state index in [-0.39, 0.29) is 11.7 Å². The molecule has 27 heavy (non-hydrogen) atoms. The second-order valence-electron chi connectivity index (χ2n) is 5.92. The minimum Gasteiger partial charge on any atom is -0.497 e. The van der Waals surface area contributed by atoms with Crippen molar-refractivity contribution in [1.29, 1.82) is 0 Å². The van der Waals surface area contributed by atoms with Crippen molar-refractivity contribution >= 4 is 17.3 Å². The molecule has 0 radical (unpaired) electrons. The number of nitrogens with one attached hydrogen (secondary N) is 2. The number of benzene rings is 2. The average molecular weight is 365 g/mol. The molecule has 1 amide bonds. The number of hydrogen-bond donors (Lipinski definition) is 2. The number of rotatable bonds is 7. The summed E-state index contributed by atoms with van der Waals surface area (Å²) in [6, 6.07) is 17.2. The molecule has 0 aliphatic heterocycles. The summed E-state index contributed by atoms with van der Waals surface area (Å²) in [6.07, 6.45) is 2.25. The Morgan fingerprint density at radius 1 is 1.07 bits per heavy atom. The van der Waals surface area contributed by atoms with E-state index in [4.69, 9.17) is 4.74 Å². The molecular weight excluding hydrogens is 345 g/mol. The molecule has 0 fully saturated rings. The van der Waals surface area contributed by atoms with Crippen LogP contribution in [0, 0.1) is 5.82 Å². The van der Waals surface area contributed by atoms with Gasteiger partial charge in [-0.3, -0.25) is 9.78 Å². The van der Waals surface area contributed by atoms with Gasteiger partial charge in [0.05, 0.1) is 7.11 Å². The minimum atomic E-state index is -0.328. The second-order valence-corrected chi connectivity index (χ2v) is 5.92. The number of pyridine rings is 1. The first-order valence-corrected chi connectivity index (χ1v) is 8.54. The van der Waals surface area contributed by atoms with Crippen LogP contribution in [-0.4, -0.2) is 24.5 Å². The fraction of sp³-hybridized carbons (Fsp3) is 0.143. The lowest BCUT2D eigenvalue weighted by molar-refractivity contribution is 0.0949. The summed E-state index contributed by atoms with van der Waals surface area (Å²) in [6.45, 7) is 0.494. The van der Waals surface area contributed by atoms with Crippen molar-refractivity contribution in [2.45, 2.75) is 6.42 Å². The Labute approximate surface area is 157 Å². The van der Waals surface area contributed by atoms with E-state index >= 15 is 0 Å². The SMILES string of the molecule is COc1ccc(CCNC(=O)c2cc(Nc3cccc(F)c3)ccn2)cc1. The molecule has 0 atom stereocenters. The van der Waals surface area contributed by atoms with Crippen molar-refractivity contribution in [3.05, 3.63) is 83.9 Å². The first-order valence-electron chi connectivity index (χ1n) is 8.54. The monoisotopic (exact) mass is 365 g/mol. The van der Waals surface area contributed by atoms with Gasteiger partial charge in [0.1, 0.15) is 17.3 Å². The molecule has 1 heterocycles. The lowest BCUT2D eigenvalue weighted by atomic mass is 10.1. The highest BCUT2D eigenvalue weighted by molar-refractivity contribution is 5.93. The summed E-state index contributed by atoms with van der Waals surface area (Å²) < 4.78 is 18.4. The fourth-order valence-corrected chi connectivity index (χ4v) is 2.57. The van der Waals surface area contributed by atoms with Crippen LogP contribution in [0.1, 0.15) is 16.1 Å². The molecule has 0 aliphatic carbocycles. The molecule has 1 aromatic heterocycles. The van der Waals surface area contributed by atoms with Gasteiger partial charge in [-0.1, -0.05) is 18.2 Å². The number of ether oxygens (including phenoxy) is 1. The highest BCUT2D eigenvalue weighted by atomic mass is 19.1. The van der Waals surface area contributed by atoms with Crippen molar-refractivity contribution in [2.75, 3.05) is 19.0 Å². The fourth-order valence-electron chi connectivity index (χ4n) is 2.57. The Morgan fingerprint density at radius 2 is 1.85 bits per heavy atom. The van der Waals surface area contributed by atoms with Crippen LogP contribution in [0.5, 0.6) is 5.75 Å². The van der Waals surface area contributed by atoms with Crippen LogP contribution >= 0.6 is 0 Å². The Hall–Kier alpha value is -3.41. The van der Waals surface area contributed by atoms with Crippen LogP contribution in [0.2, 0.25) is 0 Å². The van der Waals surface area contributed by atoms with Crippen LogP contribution in [0.15, 0.2) is 66.9 Å². The van der Waals surface area contributed by atoms with Gasteiger partial charge in [0.15, 0.2) is 0 Å². The van der Waals surface area contributed by atoms with E-state index in [9.17, 15) is 9.18 Å². The van der Waals surface area contributed by atoms with Gasteiger partial charge in [0.25, 0.3) is 5.91 Å². The minimum absolute atomic E-state index is 0.258. The van der Waals surface area contributed by atoms with Crippen LogP contribution in [0.4, 0.5) is 15.8 Å². The average Bonchev–Trinajstić information content (AvgIpc) is 2.69. The summed E-state index contributed by atoms with van der Waals surface area (Å²) in [5, 5.41) is 5.92.